The van der Waals surface area contributed by atoms with Crippen LogP contribution in [0.15, 0.2) is 54.6 Å². The average Bonchev–Trinajstić information content (AvgIpc) is 3.19. The van der Waals surface area contributed by atoms with Crippen molar-refractivity contribution in [3.05, 3.63) is 76.3 Å². The van der Waals surface area contributed by atoms with Gasteiger partial charge in [-0.3, -0.25) is 9.59 Å². The van der Waals surface area contributed by atoms with Crippen molar-refractivity contribution < 1.29 is 9.59 Å². The number of rotatable bonds is 8. The van der Waals surface area contributed by atoms with Crippen molar-refractivity contribution in [3.8, 4) is 0 Å². The summed E-state index contributed by atoms with van der Waals surface area (Å²) in [6.07, 6.45) is 0. The van der Waals surface area contributed by atoms with Crippen LogP contribution in [0.1, 0.15) is 45.1 Å². The van der Waals surface area contributed by atoms with E-state index >= 15 is 0 Å². The van der Waals surface area contributed by atoms with Crippen LogP contribution in [0, 0.1) is 12.3 Å². The Morgan fingerprint density at radius 1 is 1.13 bits per heavy atom. The molecule has 1 aromatic heterocycles. The fraction of sp³-hybridized carbons (Fsp3) is 0.304. The molecule has 0 aliphatic heterocycles. The fourth-order valence-corrected chi connectivity index (χ4v) is 3.69. The number of amides is 2. The van der Waals surface area contributed by atoms with Gasteiger partial charge in [-0.25, -0.2) is 0 Å². The lowest BCUT2D eigenvalue weighted by atomic mass is 9.92. The summed E-state index contributed by atoms with van der Waals surface area (Å²) in [6.45, 7) is 7.22. The van der Waals surface area contributed by atoms with Crippen LogP contribution in [0.5, 0.6) is 0 Å². The smallest absolute Gasteiger partial charge is 0.269 e. The van der Waals surface area contributed by atoms with Crippen LogP contribution in [0.2, 0.25) is 0 Å². The quantitative estimate of drug-likeness (QED) is 0.559. The Labute approximate surface area is 186 Å². The molecule has 0 spiro atoms. The van der Waals surface area contributed by atoms with E-state index in [0.717, 1.165) is 17.1 Å². The van der Waals surface area contributed by atoms with Crippen LogP contribution >= 0.6 is 11.5 Å². The number of hydrogen-bond acceptors (Lipinski definition) is 6. The third-order valence-corrected chi connectivity index (χ3v) is 5.72. The number of nitrogens with one attached hydrogen (secondary N) is 1. The molecule has 3 rings (SSSR count). The molecule has 162 valence electrons. The van der Waals surface area contributed by atoms with Crippen LogP contribution in [0.3, 0.4) is 0 Å². The molecule has 0 aliphatic rings. The van der Waals surface area contributed by atoms with Crippen molar-refractivity contribution in [1.82, 2.24) is 14.5 Å². The predicted molar refractivity (Wildman–Crippen MR) is 123 cm³/mol. The van der Waals surface area contributed by atoms with E-state index in [1.807, 2.05) is 68.4 Å². The van der Waals surface area contributed by atoms with Gasteiger partial charge >= 0.3 is 0 Å². The first-order valence-electron chi connectivity index (χ1n) is 10.0. The lowest BCUT2D eigenvalue weighted by Crippen LogP contribution is -2.41. The third kappa shape index (κ3) is 5.96. The summed E-state index contributed by atoms with van der Waals surface area (Å²) >= 11 is 1.06. The molecule has 0 unspecified atom stereocenters. The summed E-state index contributed by atoms with van der Waals surface area (Å²) in [6, 6.07) is 16.7. The minimum atomic E-state index is -0.244. The van der Waals surface area contributed by atoms with Gasteiger partial charge in [-0.05, 0) is 60.2 Å². The first kappa shape index (κ1) is 22.6. The molecule has 2 aromatic carbocycles. The van der Waals surface area contributed by atoms with Gasteiger partial charge in [0.2, 0.25) is 0 Å². The number of carbonyl (C=O) groups is 2. The topological polar surface area (TPSA) is 101 Å². The Hall–Kier alpha value is -3.10. The zero-order valence-electron chi connectivity index (χ0n) is 18.0. The Kier molecular flexibility index (Phi) is 7.14. The number of aromatic nitrogens is 2. The minimum Gasteiger partial charge on any atom is -0.334 e. The summed E-state index contributed by atoms with van der Waals surface area (Å²) in [5, 5.41) is 6.77. The lowest BCUT2D eigenvalue weighted by molar-refractivity contribution is 0.0673. The van der Waals surface area contributed by atoms with Crippen molar-refractivity contribution >= 4 is 29.0 Å². The first-order chi connectivity index (χ1) is 14.8. The molecule has 8 heteroatoms. The van der Waals surface area contributed by atoms with E-state index in [9.17, 15) is 9.59 Å². The van der Waals surface area contributed by atoms with Crippen LogP contribution in [0.25, 0.3) is 0 Å². The molecule has 0 bridgehead atoms. The van der Waals surface area contributed by atoms with E-state index in [0.29, 0.717) is 41.5 Å². The van der Waals surface area contributed by atoms with Crippen LogP contribution in [-0.4, -0.2) is 39.4 Å². The SMILES string of the molecule is Cc1nnsc1C(=O)Nc1cccc(CN(CC(C)(C)CN)C(=O)c2ccccc2)c1. The molecule has 0 aliphatic carbocycles. The highest BCUT2D eigenvalue weighted by atomic mass is 32.1. The molecular formula is C23H27N5O2S. The van der Waals surface area contributed by atoms with Gasteiger partial charge in [-0.1, -0.05) is 48.7 Å². The molecule has 0 saturated heterocycles. The van der Waals surface area contributed by atoms with Gasteiger partial charge in [-0.2, -0.15) is 0 Å². The number of hydrogen-bond donors (Lipinski definition) is 2. The summed E-state index contributed by atoms with van der Waals surface area (Å²) in [5.41, 5.74) is 8.50. The Bertz CT molecular complexity index is 1050. The maximum absolute atomic E-state index is 13.2. The molecule has 3 N–H and O–H groups in total. The van der Waals surface area contributed by atoms with Crippen molar-refractivity contribution in [2.24, 2.45) is 11.1 Å². The van der Waals surface area contributed by atoms with Gasteiger partial charge in [0.1, 0.15) is 4.88 Å². The number of carbonyl (C=O) groups excluding carboxylic acids is 2. The highest BCUT2D eigenvalue weighted by Crippen LogP contribution is 2.21. The van der Waals surface area contributed by atoms with Crippen molar-refractivity contribution in [2.45, 2.75) is 27.3 Å². The molecule has 1 heterocycles. The zero-order chi connectivity index (χ0) is 22.4. The molecule has 7 nitrogen and oxygen atoms in total. The first-order valence-corrected chi connectivity index (χ1v) is 10.8. The molecule has 0 atom stereocenters. The Balaban J connectivity index is 1.80. The number of aryl methyl sites for hydroxylation is 1. The standard InChI is InChI=1S/C23H27N5O2S/c1-16-20(31-27-26-16)21(29)25-19-11-7-8-17(12-19)13-28(15-23(2,3)14-24)22(30)18-9-5-4-6-10-18/h4-12H,13-15,24H2,1-3H3,(H,25,29). The van der Waals surface area contributed by atoms with Gasteiger partial charge in [0.25, 0.3) is 11.8 Å². The van der Waals surface area contributed by atoms with E-state index in [1.54, 1.807) is 11.8 Å². The number of nitrogens with two attached hydrogens (primary N) is 1. The number of benzene rings is 2. The number of anilines is 1. The summed E-state index contributed by atoms with van der Waals surface area (Å²) < 4.78 is 3.81. The van der Waals surface area contributed by atoms with Crippen LogP contribution < -0.4 is 11.1 Å². The molecule has 3 aromatic rings. The van der Waals surface area contributed by atoms with Crippen molar-refractivity contribution in [2.75, 3.05) is 18.4 Å². The van der Waals surface area contributed by atoms with Crippen LogP contribution in [-0.2, 0) is 6.54 Å². The highest BCUT2D eigenvalue weighted by molar-refractivity contribution is 7.08. The predicted octanol–water partition coefficient (Wildman–Crippen LogP) is 3.73. The molecule has 0 saturated carbocycles. The molecule has 0 fully saturated rings. The van der Waals surface area contributed by atoms with E-state index in [4.69, 9.17) is 5.73 Å². The van der Waals surface area contributed by atoms with Crippen molar-refractivity contribution in [1.29, 1.82) is 0 Å². The maximum Gasteiger partial charge on any atom is 0.269 e. The second-order valence-corrected chi connectivity index (χ2v) is 8.99. The Morgan fingerprint density at radius 3 is 2.52 bits per heavy atom. The van der Waals surface area contributed by atoms with Gasteiger partial charge in [0.15, 0.2) is 0 Å². The van der Waals surface area contributed by atoms with Gasteiger partial charge in [0.05, 0.1) is 5.69 Å². The third-order valence-electron chi connectivity index (χ3n) is 4.90. The fourth-order valence-electron chi connectivity index (χ4n) is 3.14. The molecular weight excluding hydrogens is 410 g/mol. The second kappa shape index (κ2) is 9.80. The van der Waals surface area contributed by atoms with E-state index < -0.39 is 0 Å². The normalized spacial score (nSPS) is 11.2. The summed E-state index contributed by atoms with van der Waals surface area (Å²) in [5.74, 6) is -0.297. The molecule has 2 amide bonds. The van der Waals surface area contributed by atoms with E-state index in [1.165, 1.54) is 0 Å². The maximum atomic E-state index is 13.2. The molecule has 0 radical (unpaired) electrons. The monoisotopic (exact) mass is 437 g/mol. The van der Waals surface area contributed by atoms with Crippen LogP contribution in [0.4, 0.5) is 5.69 Å². The minimum absolute atomic E-state index is 0.0528. The van der Waals surface area contributed by atoms with Gasteiger partial charge in [0, 0.05) is 24.3 Å². The Morgan fingerprint density at radius 2 is 1.87 bits per heavy atom. The second-order valence-electron chi connectivity index (χ2n) is 8.24. The van der Waals surface area contributed by atoms with E-state index in [-0.39, 0.29) is 17.2 Å². The van der Waals surface area contributed by atoms with Gasteiger partial charge < -0.3 is 16.0 Å². The average molecular weight is 438 g/mol. The largest absolute Gasteiger partial charge is 0.334 e. The number of nitrogens with zero attached hydrogens (tertiary/aromatic N) is 3. The van der Waals surface area contributed by atoms with Gasteiger partial charge in [-0.15, -0.1) is 5.10 Å². The van der Waals surface area contributed by atoms with Crippen molar-refractivity contribution in [3.63, 3.8) is 0 Å². The summed E-state index contributed by atoms with van der Waals surface area (Å²) in [7, 11) is 0. The summed E-state index contributed by atoms with van der Waals surface area (Å²) in [4.78, 5) is 28.0. The lowest BCUT2D eigenvalue weighted by Gasteiger charge is -2.32. The zero-order valence-corrected chi connectivity index (χ0v) is 18.8. The highest BCUT2D eigenvalue weighted by Gasteiger charge is 2.25. The molecule has 31 heavy (non-hydrogen) atoms. The van der Waals surface area contributed by atoms with E-state index in [2.05, 4.69) is 14.9 Å².